The van der Waals surface area contributed by atoms with Gasteiger partial charge in [0.25, 0.3) is 0 Å². The van der Waals surface area contributed by atoms with Gasteiger partial charge in [0.1, 0.15) is 0 Å². The second kappa shape index (κ2) is 6.85. The minimum absolute atomic E-state index is 0.0718. The van der Waals surface area contributed by atoms with E-state index in [1.165, 1.54) is 12.1 Å². The fourth-order valence-corrected chi connectivity index (χ4v) is 1.46. The van der Waals surface area contributed by atoms with Crippen LogP contribution in [0.2, 0.25) is 0 Å². The van der Waals surface area contributed by atoms with Gasteiger partial charge in [0, 0.05) is 13.1 Å². The van der Waals surface area contributed by atoms with Crippen molar-refractivity contribution in [3.8, 4) is 0 Å². The van der Waals surface area contributed by atoms with Crippen molar-refractivity contribution in [1.29, 1.82) is 0 Å². The van der Waals surface area contributed by atoms with E-state index in [0.717, 1.165) is 12.1 Å². The highest BCUT2D eigenvalue weighted by Gasteiger charge is 2.30. The fourth-order valence-electron chi connectivity index (χ4n) is 1.46. The van der Waals surface area contributed by atoms with Gasteiger partial charge in [-0.1, -0.05) is 12.1 Å². The SMILES string of the molecule is OCC(O)CNCC(O)c1ccc(C(F)(F)F)cc1. The standard InChI is InChI=1S/C12H16F3NO3/c13-12(14,15)9-3-1-8(2-4-9)11(19)6-16-5-10(18)7-17/h1-4,10-11,16-19H,5-7H2. The molecule has 4 nitrogen and oxygen atoms in total. The van der Waals surface area contributed by atoms with Crippen molar-refractivity contribution in [3.05, 3.63) is 35.4 Å². The Kier molecular flexibility index (Phi) is 5.74. The van der Waals surface area contributed by atoms with Gasteiger partial charge in [-0.05, 0) is 17.7 Å². The Morgan fingerprint density at radius 3 is 2.11 bits per heavy atom. The number of aliphatic hydroxyl groups excluding tert-OH is 3. The van der Waals surface area contributed by atoms with E-state index in [1.807, 2.05) is 0 Å². The third-order valence-electron chi connectivity index (χ3n) is 2.55. The van der Waals surface area contributed by atoms with E-state index in [9.17, 15) is 18.3 Å². The van der Waals surface area contributed by atoms with Crippen LogP contribution in [0.5, 0.6) is 0 Å². The van der Waals surface area contributed by atoms with Crippen LogP contribution in [0, 0.1) is 0 Å². The number of halogens is 3. The Labute approximate surface area is 108 Å². The molecule has 0 aromatic heterocycles. The zero-order chi connectivity index (χ0) is 14.5. The average molecular weight is 279 g/mol. The summed E-state index contributed by atoms with van der Waals surface area (Å²) in [4.78, 5) is 0. The summed E-state index contributed by atoms with van der Waals surface area (Å²) in [5.74, 6) is 0. The number of nitrogens with one attached hydrogen (secondary N) is 1. The molecule has 0 saturated carbocycles. The highest BCUT2D eigenvalue weighted by Crippen LogP contribution is 2.29. The van der Waals surface area contributed by atoms with Gasteiger partial charge < -0.3 is 20.6 Å². The van der Waals surface area contributed by atoms with E-state index in [1.54, 1.807) is 0 Å². The first kappa shape index (κ1) is 15.9. The molecule has 0 amide bonds. The molecule has 0 aliphatic rings. The van der Waals surface area contributed by atoms with Crippen LogP contribution in [0.3, 0.4) is 0 Å². The van der Waals surface area contributed by atoms with Crippen LogP contribution in [0.25, 0.3) is 0 Å². The Balaban J connectivity index is 2.51. The van der Waals surface area contributed by atoms with Crippen molar-refractivity contribution < 1.29 is 28.5 Å². The van der Waals surface area contributed by atoms with Gasteiger partial charge in [0.15, 0.2) is 0 Å². The molecule has 0 aliphatic carbocycles. The molecule has 7 heteroatoms. The summed E-state index contributed by atoms with van der Waals surface area (Å²) < 4.78 is 37.0. The predicted molar refractivity (Wildman–Crippen MR) is 62.4 cm³/mol. The summed E-state index contributed by atoms with van der Waals surface area (Å²) in [5, 5.41) is 30.0. The molecule has 1 rings (SSSR count). The first-order chi connectivity index (χ1) is 8.84. The summed E-state index contributed by atoms with van der Waals surface area (Å²) in [6.45, 7) is -0.236. The number of aliphatic hydroxyl groups is 3. The minimum atomic E-state index is -4.40. The lowest BCUT2D eigenvalue weighted by Crippen LogP contribution is -2.32. The Morgan fingerprint density at radius 2 is 1.63 bits per heavy atom. The normalized spacial score (nSPS) is 15.3. The van der Waals surface area contributed by atoms with E-state index in [4.69, 9.17) is 10.2 Å². The van der Waals surface area contributed by atoms with E-state index in [2.05, 4.69) is 5.32 Å². The molecule has 0 aliphatic heterocycles. The Bertz CT molecular complexity index is 381. The first-order valence-electron chi connectivity index (χ1n) is 5.69. The van der Waals surface area contributed by atoms with Crippen LogP contribution in [-0.2, 0) is 6.18 Å². The smallest absolute Gasteiger partial charge is 0.394 e. The number of rotatable bonds is 6. The van der Waals surface area contributed by atoms with Crippen molar-refractivity contribution in [2.75, 3.05) is 19.7 Å². The number of hydrogen-bond donors (Lipinski definition) is 4. The number of hydrogen-bond acceptors (Lipinski definition) is 4. The van der Waals surface area contributed by atoms with E-state index in [0.29, 0.717) is 5.56 Å². The van der Waals surface area contributed by atoms with Crippen LogP contribution in [0.4, 0.5) is 13.2 Å². The number of benzene rings is 1. The maximum Gasteiger partial charge on any atom is 0.416 e. The largest absolute Gasteiger partial charge is 0.416 e. The molecule has 2 atom stereocenters. The Morgan fingerprint density at radius 1 is 1.05 bits per heavy atom. The minimum Gasteiger partial charge on any atom is -0.394 e. The second-order valence-electron chi connectivity index (χ2n) is 4.13. The van der Waals surface area contributed by atoms with Crippen LogP contribution in [-0.4, -0.2) is 41.1 Å². The fraction of sp³-hybridized carbons (Fsp3) is 0.500. The van der Waals surface area contributed by atoms with Gasteiger partial charge >= 0.3 is 6.18 Å². The van der Waals surface area contributed by atoms with E-state index >= 15 is 0 Å². The molecule has 0 spiro atoms. The second-order valence-corrected chi connectivity index (χ2v) is 4.13. The highest BCUT2D eigenvalue weighted by molar-refractivity contribution is 5.26. The molecule has 4 N–H and O–H groups in total. The van der Waals surface area contributed by atoms with Crippen LogP contribution >= 0.6 is 0 Å². The van der Waals surface area contributed by atoms with Gasteiger partial charge in [-0.15, -0.1) is 0 Å². The van der Waals surface area contributed by atoms with Crippen LogP contribution in [0.1, 0.15) is 17.2 Å². The average Bonchev–Trinajstić information content (AvgIpc) is 2.37. The molecule has 0 saturated heterocycles. The lowest BCUT2D eigenvalue weighted by Gasteiger charge is -2.15. The molecule has 19 heavy (non-hydrogen) atoms. The lowest BCUT2D eigenvalue weighted by molar-refractivity contribution is -0.137. The maximum atomic E-state index is 12.3. The van der Waals surface area contributed by atoms with E-state index < -0.39 is 30.6 Å². The van der Waals surface area contributed by atoms with Gasteiger partial charge in [-0.2, -0.15) is 13.2 Å². The van der Waals surface area contributed by atoms with Gasteiger partial charge in [0.05, 0.1) is 24.4 Å². The van der Waals surface area contributed by atoms with Gasteiger partial charge in [0.2, 0.25) is 0 Å². The Hall–Kier alpha value is -1.15. The molecular formula is C12H16F3NO3. The zero-order valence-corrected chi connectivity index (χ0v) is 10.1. The maximum absolute atomic E-state index is 12.3. The highest BCUT2D eigenvalue weighted by atomic mass is 19.4. The van der Waals surface area contributed by atoms with Crippen molar-refractivity contribution >= 4 is 0 Å². The van der Waals surface area contributed by atoms with Crippen LogP contribution in [0.15, 0.2) is 24.3 Å². The summed E-state index contributed by atoms with van der Waals surface area (Å²) in [7, 11) is 0. The third kappa shape index (κ3) is 5.15. The van der Waals surface area contributed by atoms with Crippen molar-refractivity contribution in [3.63, 3.8) is 0 Å². The molecule has 0 heterocycles. The quantitative estimate of drug-likeness (QED) is 0.618. The van der Waals surface area contributed by atoms with Crippen molar-refractivity contribution in [2.24, 2.45) is 0 Å². The molecule has 2 unspecified atom stereocenters. The van der Waals surface area contributed by atoms with Crippen LogP contribution < -0.4 is 5.32 Å². The number of alkyl halides is 3. The monoisotopic (exact) mass is 279 g/mol. The van der Waals surface area contributed by atoms with Crippen molar-refractivity contribution in [1.82, 2.24) is 5.32 Å². The molecule has 1 aromatic rings. The topological polar surface area (TPSA) is 72.7 Å². The molecule has 0 radical (unpaired) electrons. The first-order valence-corrected chi connectivity index (χ1v) is 5.69. The molecule has 1 aromatic carbocycles. The summed E-state index contributed by atoms with van der Waals surface area (Å²) >= 11 is 0. The molecular weight excluding hydrogens is 263 g/mol. The van der Waals surface area contributed by atoms with Gasteiger partial charge in [-0.25, -0.2) is 0 Å². The molecule has 0 fully saturated rings. The lowest BCUT2D eigenvalue weighted by atomic mass is 10.1. The summed E-state index contributed by atoms with van der Waals surface area (Å²) in [6, 6.07) is 4.22. The van der Waals surface area contributed by atoms with Gasteiger partial charge in [-0.3, -0.25) is 0 Å². The molecule has 0 bridgehead atoms. The van der Waals surface area contributed by atoms with E-state index in [-0.39, 0.29) is 13.1 Å². The third-order valence-corrected chi connectivity index (χ3v) is 2.55. The molecule has 108 valence electrons. The predicted octanol–water partition coefficient (Wildman–Crippen LogP) is 0.682. The van der Waals surface area contributed by atoms with Crippen molar-refractivity contribution in [2.45, 2.75) is 18.4 Å². The summed E-state index contributed by atoms with van der Waals surface area (Å²) in [5.41, 5.74) is -0.425. The zero-order valence-electron chi connectivity index (χ0n) is 10.1. The summed E-state index contributed by atoms with van der Waals surface area (Å²) in [6.07, 6.45) is -6.31.